The number of rotatable bonds is 6. The summed E-state index contributed by atoms with van der Waals surface area (Å²) in [5.74, 6) is -0.0634. The summed E-state index contributed by atoms with van der Waals surface area (Å²) in [7, 11) is 3.46. The molecule has 4 rings (SSSR count). The Hall–Kier alpha value is -3.45. The van der Waals surface area contributed by atoms with Crippen LogP contribution in [0.3, 0.4) is 0 Å². The average Bonchev–Trinajstić information content (AvgIpc) is 2.80. The van der Waals surface area contributed by atoms with Crippen molar-refractivity contribution in [2.75, 3.05) is 14.1 Å². The topological polar surface area (TPSA) is 68.1 Å². The van der Waals surface area contributed by atoms with Crippen LogP contribution >= 0.6 is 11.8 Å². The van der Waals surface area contributed by atoms with Crippen LogP contribution in [-0.2, 0) is 11.3 Å². The summed E-state index contributed by atoms with van der Waals surface area (Å²) in [6.45, 7) is 0.324. The molecule has 2 aromatic heterocycles. The smallest absolute Gasteiger partial charge is 0.262 e. The van der Waals surface area contributed by atoms with Gasteiger partial charge in [-0.1, -0.05) is 60.3 Å². The van der Waals surface area contributed by atoms with Crippen LogP contribution in [-0.4, -0.2) is 39.4 Å². The van der Waals surface area contributed by atoms with Crippen molar-refractivity contribution in [1.29, 1.82) is 0 Å². The quantitative estimate of drug-likeness (QED) is 0.344. The molecule has 31 heavy (non-hydrogen) atoms. The highest BCUT2D eigenvalue weighted by molar-refractivity contribution is 8.00. The van der Waals surface area contributed by atoms with E-state index >= 15 is 0 Å². The lowest BCUT2D eigenvalue weighted by Gasteiger charge is -2.22. The van der Waals surface area contributed by atoms with E-state index in [9.17, 15) is 9.59 Å². The van der Waals surface area contributed by atoms with Crippen molar-refractivity contribution in [2.45, 2.75) is 17.0 Å². The van der Waals surface area contributed by atoms with Gasteiger partial charge in [0.25, 0.3) is 5.56 Å². The van der Waals surface area contributed by atoms with Gasteiger partial charge in [-0.2, -0.15) is 0 Å². The van der Waals surface area contributed by atoms with Gasteiger partial charge in [-0.05, 0) is 29.3 Å². The number of amides is 1. The maximum absolute atomic E-state index is 13.4. The number of hydrogen-bond acceptors (Lipinski definition) is 5. The van der Waals surface area contributed by atoms with E-state index in [1.165, 1.54) is 11.8 Å². The lowest BCUT2D eigenvalue weighted by molar-refractivity contribution is -0.128. The van der Waals surface area contributed by atoms with Crippen LogP contribution in [0, 0.1) is 0 Å². The summed E-state index contributed by atoms with van der Waals surface area (Å²) in [6, 6.07) is 20.6. The fraction of sp³-hybridized carbons (Fsp3) is 0.167. The summed E-state index contributed by atoms with van der Waals surface area (Å²) in [5.41, 5.74) is 2.22. The maximum Gasteiger partial charge on any atom is 0.262 e. The number of aromatic nitrogens is 3. The molecule has 0 N–H and O–H groups in total. The Morgan fingerprint density at radius 1 is 1.03 bits per heavy atom. The van der Waals surface area contributed by atoms with Gasteiger partial charge in [-0.15, -0.1) is 0 Å². The molecule has 1 unspecified atom stereocenters. The van der Waals surface area contributed by atoms with Gasteiger partial charge in [-0.25, -0.2) is 4.98 Å². The number of benzene rings is 2. The van der Waals surface area contributed by atoms with Crippen LogP contribution < -0.4 is 5.56 Å². The first-order chi connectivity index (χ1) is 15.0. The molecule has 2 heterocycles. The van der Waals surface area contributed by atoms with E-state index in [-0.39, 0.29) is 11.5 Å². The highest BCUT2D eigenvalue weighted by atomic mass is 32.2. The molecule has 0 saturated carbocycles. The third-order valence-corrected chi connectivity index (χ3v) is 6.11. The Bertz CT molecular complexity index is 1260. The van der Waals surface area contributed by atoms with Gasteiger partial charge in [0.1, 0.15) is 5.25 Å². The van der Waals surface area contributed by atoms with E-state index in [0.29, 0.717) is 22.6 Å². The van der Waals surface area contributed by atoms with Crippen LogP contribution in [0.2, 0.25) is 0 Å². The first-order valence-corrected chi connectivity index (χ1v) is 10.7. The molecule has 6 nitrogen and oxygen atoms in total. The number of carbonyl (C=O) groups excluding carboxylic acids is 1. The predicted octanol–water partition coefficient (Wildman–Crippen LogP) is 3.76. The maximum atomic E-state index is 13.4. The molecule has 0 bridgehead atoms. The third-order valence-electron chi connectivity index (χ3n) is 4.88. The van der Waals surface area contributed by atoms with Crippen LogP contribution in [0.25, 0.3) is 10.9 Å². The summed E-state index contributed by atoms with van der Waals surface area (Å²) < 4.78 is 1.63. The lowest BCUT2D eigenvalue weighted by atomic mass is 10.1. The molecule has 1 atom stereocenters. The second-order valence-electron chi connectivity index (χ2n) is 7.31. The molecule has 0 spiro atoms. The van der Waals surface area contributed by atoms with Gasteiger partial charge in [-0.3, -0.25) is 19.1 Å². The molecule has 0 aliphatic heterocycles. The minimum Gasteiger partial charge on any atom is -0.348 e. The highest BCUT2D eigenvalue weighted by Crippen LogP contribution is 2.35. The van der Waals surface area contributed by atoms with E-state index in [1.54, 1.807) is 42.0 Å². The normalized spacial score (nSPS) is 11.9. The summed E-state index contributed by atoms with van der Waals surface area (Å²) in [6.07, 6.45) is 3.43. The summed E-state index contributed by atoms with van der Waals surface area (Å²) in [4.78, 5) is 36.9. The molecular weight excluding hydrogens is 408 g/mol. The van der Waals surface area contributed by atoms with E-state index < -0.39 is 5.25 Å². The minimum absolute atomic E-state index is 0.0634. The first-order valence-electron chi connectivity index (χ1n) is 9.86. The molecule has 2 aromatic carbocycles. The van der Waals surface area contributed by atoms with Crippen molar-refractivity contribution in [2.24, 2.45) is 0 Å². The van der Waals surface area contributed by atoms with Crippen LogP contribution in [0.1, 0.15) is 16.4 Å². The number of pyridine rings is 1. The zero-order valence-electron chi connectivity index (χ0n) is 17.3. The van der Waals surface area contributed by atoms with Crippen LogP contribution in [0.5, 0.6) is 0 Å². The van der Waals surface area contributed by atoms with E-state index in [0.717, 1.165) is 11.1 Å². The van der Waals surface area contributed by atoms with Gasteiger partial charge in [0.2, 0.25) is 5.91 Å². The SMILES string of the molecule is CN(C)C(=O)C(Sc1nc2ccccc2c(=O)n1Cc1cccnc1)c1ccccc1. The van der Waals surface area contributed by atoms with Crippen molar-refractivity contribution in [3.63, 3.8) is 0 Å². The largest absolute Gasteiger partial charge is 0.348 e. The van der Waals surface area contributed by atoms with Crippen molar-refractivity contribution in [3.05, 3.63) is 101 Å². The number of hydrogen-bond donors (Lipinski definition) is 0. The third kappa shape index (κ3) is 4.51. The van der Waals surface area contributed by atoms with Crippen LogP contribution in [0.15, 0.2) is 89.1 Å². The van der Waals surface area contributed by atoms with E-state index in [1.807, 2.05) is 60.7 Å². The van der Waals surface area contributed by atoms with Gasteiger partial charge in [0.15, 0.2) is 5.16 Å². The molecule has 0 aliphatic rings. The monoisotopic (exact) mass is 430 g/mol. The average molecular weight is 431 g/mol. The van der Waals surface area contributed by atoms with Gasteiger partial charge >= 0.3 is 0 Å². The summed E-state index contributed by atoms with van der Waals surface area (Å²) in [5, 5.41) is 0.520. The Balaban J connectivity index is 1.85. The zero-order valence-corrected chi connectivity index (χ0v) is 18.1. The molecular formula is C24H22N4O2S. The molecule has 1 amide bonds. The second kappa shape index (κ2) is 9.14. The molecule has 4 aromatic rings. The highest BCUT2D eigenvalue weighted by Gasteiger charge is 2.26. The fourth-order valence-electron chi connectivity index (χ4n) is 3.28. The summed E-state index contributed by atoms with van der Waals surface area (Å²) >= 11 is 1.29. The number of fused-ring (bicyclic) bond motifs is 1. The Morgan fingerprint density at radius 3 is 2.48 bits per heavy atom. The Kier molecular flexibility index (Phi) is 6.13. The van der Waals surface area contributed by atoms with Gasteiger partial charge in [0.05, 0.1) is 17.4 Å². The minimum atomic E-state index is -0.524. The number of likely N-dealkylation sites (N-methyl/N-ethyl adjacent to an activating group) is 1. The first kappa shape index (κ1) is 20.8. The predicted molar refractivity (Wildman–Crippen MR) is 123 cm³/mol. The molecule has 0 fully saturated rings. The van der Waals surface area contributed by atoms with Crippen molar-refractivity contribution in [3.8, 4) is 0 Å². The number of para-hydroxylation sites is 1. The Morgan fingerprint density at radius 2 is 1.77 bits per heavy atom. The van der Waals surface area contributed by atoms with Gasteiger partial charge in [0, 0.05) is 26.5 Å². The van der Waals surface area contributed by atoms with Crippen molar-refractivity contribution in [1.82, 2.24) is 19.4 Å². The van der Waals surface area contributed by atoms with Gasteiger partial charge < -0.3 is 4.90 Å². The molecule has 7 heteroatoms. The van der Waals surface area contributed by atoms with Crippen LogP contribution in [0.4, 0.5) is 0 Å². The van der Waals surface area contributed by atoms with Crippen molar-refractivity contribution < 1.29 is 4.79 Å². The molecule has 0 aliphatic carbocycles. The van der Waals surface area contributed by atoms with E-state index in [4.69, 9.17) is 4.98 Å². The number of carbonyl (C=O) groups is 1. The Labute approximate surface area is 184 Å². The lowest BCUT2D eigenvalue weighted by Crippen LogP contribution is -2.28. The fourth-order valence-corrected chi connectivity index (χ4v) is 4.52. The molecule has 156 valence electrons. The van der Waals surface area contributed by atoms with Crippen molar-refractivity contribution >= 4 is 28.6 Å². The molecule has 0 radical (unpaired) electrons. The zero-order chi connectivity index (χ0) is 21.8. The molecule has 0 saturated heterocycles. The van der Waals surface area contributed by atoms with E-state index in [2.05, 4.69) is 4.98 Å². The standard InChI is InChI=1S/C24H22N4O2S/c1-27(2)23(30)21(18-10-4-3-5-11-18)31-24-26-20-13-7-6-12-19(20)22(29)28(24)16-17-9-8-14-25-15-17/h3-15,21H,16H2,1-2H3. The number of nitrogens with zero attached hydrogens (tertiary/aromatic N) is 4. The number of thioether (sulfide) groups is 1. The second-order valence-corrected chi connectivity index (χ2v) is 8.38.